The number of likely N-dealkylation sites (N-methyl/N-ethyl adjacent to an activating group) is 1. The van der Waals surface area contributed by atoms with Gasteiger partial charge in [0.1, 0.15) is 6.61 Å². The molecule has 0 fully saturated rings. The Hall–Kier alpha value is -2.76. The van der Waals surface area contributed by atoms with E-state index in [2.05, 4.69) is 0 Å². The van der Waals surface area contributed by atoms with E-state index < -0.39 is 5.82 Å². The highest BCUT2D eigenvalue weighted by Crippen LogP contribution is 2.32. The summed E-state index contributed by atoms with van der Waals surface area (Å²) in [4.78, 5) is 13.9. The highest BCUT2D eigenvalue weighted by Gasteiger charge is 2.18. The number of nitrogens with zero attached hydrogens (tertiary/aromatic N) is 1. The quantitative estimate of drug-likeness (QED) is 0.851. The number of ether oxygens (including phenoxy) is 3. The molecule has 0 bridgehead atoms. The monoisotopic (exact) mass is 317 g/mol. The highest BCUT2D eigenvalue weighted by atomic mass is 19.1. The van der Waals surface area contributed by atoms with E-state index in [0.717, 1.165) is 0 Å². The fraction of sp³-hybridized carbons (Fsp3) is 0.235. The van der Waals surface area contributed by atoms with Gasteiger partial charge in [-0.15, -0.1) is 0 Å². The zero-order valence-corrected chi connectivity index (χ0v) is 12.6. The number of rotatable bonds is 5. The van der Waals surface area contributed by atoms with Gasteiger partial charge in [-0.3, -0.25) is 4.79 Å². The van der Waals surface area contributed by atoms with Gasteiger partial charge in [0.2, 0.25) is 6.79 Å². The lowest BCUT2D eigenvalue weighted by molar-refractivity contribution is 0.0772. The molecule has 0 aliphatic carbocycles. The Kier molecular flexibility index (Phi) is 4.32. The summed E-state index contributed by atoms with van der Waals surface area (Å²) in [5.41, 5.74) is 0.502. The van der Waals surface area contributed by atoms with Gasteiger partial charge in [-0.25, -0.2) is 4.39 Å². The molecule has 0 atom stereocenters. The van der Waals surface area contributed by atoms with Crippen LogP contribution in [0.1, 0.15) is 10.4 Å². The van der Waals surface area contributed by atoms with Crippen molar-refractivity contribution in [2.24, 2.45) is 0 Å². The van der Waals surface area contributed by atoms with Crippen molar-refractivity contribution >= 4 is 5.91 Å². The molecule has 0 saturated heterocycles. The van der Waals surface area contributed by atoms with E-state index >= 15 is 0 Å². The lowest BCUT2D eigenvalue weighted by atomic mass is 10.2. The molecule has 0 radical (unpaired) electrons. The molecule has 2 aromatic rings. The second-order valence-electron chi connectivity index (χ2n) is 5.07. The Morgan fingerprint density at radius 3 is 2.83 bits per heavy atom. The molecular weight excluding hydrogens is 301 g/mol. The van der Waals surface area contributed by atoms with Crippen LogP contribution in [0.4, 0.5) is 4.39 Å². The lowest BCUT2D eigenvalue weighted by Crippen LogP contribution is -2.30. The fourth-order valence-electron chi connectivity index (χ4n) is 2.21. The standard InChI is InChI=1S/C17H16FNO4/c1-19(8-9-21-14-5-3-2-4-13(14)18)17(20)12-6-7-15-16(10-12)23-11-22-15/h2-7,10H,8-9,11H2,1H3. The molecule has 1 heterocycles. The van der Waals surface area contributed by atoms with Crippen LogP contribution in [0.25, 0.3) is 0 Å². The number of halogens is 1. The van der Waals surface area contributed by atoms with E-state index in [1.54, 1.807) is 43.4 Å². The Labute approximate surface area is 133 Å². The van der Waals surface area contributed by atoms with Gasteiger partial charge in [0.25, 0.3) is 5.91 Å². The van der Waals surface area contributed by atoms with Crippen LogP contribution in [0.5, 0.6) is 17.2 Å². The third-order valence-corrected chi connectivity index (χ3v) is 3.49. The maximum absolute atomic E-state index is 13.4. The number of fused-ring (bicyclic) bond motifs is 1. The molecule has 23 heavy (non-hydrogen) atoms. The van der Waals surface area contributed by atoms with Crippen LogP contribution in [0.15, 0.2) is 42.5 Å². The van der Waals surface area contributed by atoms with Crippen molar-refractivity contribution < 1.29 is 23.4 Å². The van der Waals surface area contributed by atoms with Gasteiger partial charge in [0.15, 0.2) is 23.1 Å². The lowest BCUT2D eigenvalue weighted by Gasteiger charge is -2.18. The molecule has 0 unspecified atom stereocenters. The minimum atomic E-state index is -0.419. The number of hydrogen-bond donors (Lipinski definition) is 0. The van der Waals surface area contributed by atoms with Crippen molar-refractivity contribution in [3.8, 4) is 17.2 Å². The predicted octanol–water partition coefficient (Wildman–Crippen LogP) is 2.71. The maximum atomic E-state index is 13.4. The second kappa shape index (κ2) is 6.56. The van der Waals surface area contributed by atoms with Gasteiger partial charge in [0, 0.05) is 12.6 Å². The highest BCUT2D eigenvalue weighted by molar-refractivity contribution is 5.94. The van der Waals surface area contributed by atoms with E-state index in [9.17, 15) is 9.18 Å². The molecule has 5 nitrogen and oxygen atoms in total. The van der Waals surface area contributed by atoms with Crippen LogP contribution >= 0.6 is 0 Å². The molecular formula is C17H16FNO4. The van der Waals surface area contributed by atoms with Crippen molar-refractivity contribution in [3.05, 3.63) is 53.8 Å². The normalized spacial score (nSPS) is 12.1. The van der Waals surface area contributed by atoms with Crippen LogP contribution in [0.2, 0.25) is 0 Å². The fourth-order valence-corrected chi connectivity index (χ4v) is 2.21. The first-order valence-corrected chi connectivity index (χ1v) is 7.17. The Morgan fingerprint density at radius 1 is 1.22 bits per heavy atom. The molecule has 1 aliphatic heterocycles. The minimum Gasteiger partial charge on any atom is -0.489 e. The molecule has 120 valence electrons. The Bertz CT molecular complexity index is 719. The maximum Gasteiger partial charge on any atom is 0.253 e. The summed E-state index contributed by atoms with van der Waals surface area (Å²) < 4.78 is 29.3. The summed E-state index contributed by atoms with van der Waals surface area (Å²) in [6.45, 7) is 0.703. The first kappa shape index (κ1) is 15.1. The number of carbonyl (C=O) groups excluding carboxylic acids is 1. The largest absolute Gasteiger partial charge is 0.489 e. The van der Waals surface area contributed by atoms with E-state index in [-0.39, 0.29) is 25.1 Å². The Morgan fingerprint density at radius 2 is 2.00 bits per heavy atom. The predicted molar refractivity (Wildman–Crippen MR) is 81.4 cm³/mol. The van der Waals surface area contributed by atoms with Crippen LogP contribution in [0.3, 0.4) is 0 Å². The summed E-state index contributed by atoms with van der Waals surface area (Å²) >= 11 is 0. The van der Waals surface area contributed by atoms with Gasteiger partial charge < -0.3 is 19.1 Å². The molecule has 3 rings (SSSR count). The van der Waals surface area contributed by atoms with Crippen LogP contribution in [0, 0.1) is 5.82 Å². The third kappa shape index (κ3) is 3.36. The van der Waals surface area contributed by atoms with Gasteiger partial charge in [-0.1, -0.05) is 12.1 Å². The van der Waals surface area contributed by atoms with Crippen LogP contribution in [-0.2, 0) is 0 Å². The third-order valence-electron chi connectivity index (χ3n) is 3.49. The van der Waals surface area contributed by atoms with Gasteiger partial charge in [-0.2, -0.15) is 0 Å². The molecule has 1 amide bonds. The average Bonchev–Trinajstić information content (AvgIpc) is 3.03. The van der Waals surface area contributed by atoms with Crippen molar-refractivity contribution in [2.45, 2.75) is 0 Å². The van der Waals surface area contributed by atoms with Crippen molar-refractivity contribution in [2.75, 3.05) is 27.0 Å². The second-order valence-corrected chi connectivity index (χ2v) is 5.07. The summed E-state index contributed by atoms with van der Waals surface area (Å²) in [6.07, 6.45) is 0. The minimum absolute atomic E-state index is 0.166. The van der Waals surface area contributed by atoms with Gasteiger partial charge >= 0.3 is 0 Å². The summed E-state index contributed by atoms with van der Waals surface area (Å²) in [5.74, 6) is 0.785. The number of hydrogen-bond acceptors (Lipinski definition) is 4. The number of carbonyl (C=O) groups is 1. The number of benzene rings is 2. The van der Waals surface area contributed by atoms with E-state index in [1.165, 1.54) is 11.0 Å². The first-order valence-electron chi connectivity index (χ1n) is 7.17. The van der Waals surface area contributed by atoms with Crippen LogP contribution < -0.4 is 14.2 Å². The zero-order chi connectivity index (χ0) is 16.2. The van der Waals surface area contributed by atoms with Crippen molar-refractivity contribution in [1.29, 1.82) is 0 Å². The van der Waals surface area contributed by atoms with E-state index in [4.69, 9.17) is 14.2 Å². The van der Waals surface area contributed by atoms with E-state index in [0.29, 0.717) is 23.6 Å². The number of para-hydroxylation sites is 1. The van der Waals surface area contributed by atoms with Crippen molar-refractivity contribution in [1.82, 2.24) is 4.90 Å². The summed E-state index contributed by atoms with van der Waals surface area (Å²) in [5, 5.41) is 0. The molecule has 1 aliphatic rings. The van der Waals surface area contributed by atoms with Crippen LogP contribution in [-0.4, -0.2) is 37.8 Å². The molecule has 6 heteroatoms. The van der Waals surface area contributed by atoms with Gasteiger partial charge in [-0.05, 0) is 30.3 Å². The number of amides is 1. The molecule has 0 saturated carbocycles. The summed E-state index contributed by atoms with van der Waals surface area (Å²) in [7, 11) is 1.66. The average molecular weight is 317 g/mol. The summed E-state index contributed by atoms with van der Waals surface area (Å²) in [6, 6.07) is 11.2. The molecule has 0 N–H and O–H groups in total. The van der Waals surface area contributed by atoms with E-state index in [1.807, 2.05) is 0 Å². The SMILES string of the molecule is CN(CCOc1ccccc1F)C(=O)c1ccc2c(c1)OCO2. The molecule has 2 aromatic carbocycles. The first-order chi connectivity index (χ1) is 11.1. The smallest absolute Gasteiger partial charge is 0.253 e. The zero-order valence-electron chi connectivity index (χ0n) is 12.6. The van der Waals surface area contributed by atoms with Crippen molar-refractivity contribution in [3.63, 3.8) is 0 Å². The molecule has 0 spiro atoms. The van der Waals surface area contributed by atoms with Gasteiger partial charge in [0.05, 0.1) is 6.54 Å². The Balaban J connectivity index is 1.56. The topological polar surface area (TPSA) is 48.0 Å². The molecule has 0 aromatic heterocycles.